The molecule has 0 radical (unpaired) electrons. The molecule has 5 nitrogen and oxygen atoms in total. The first kappa shape index (κ1) is 13.3. The zero-order valence-electron chi connectivity index (χ0n) is 10.9. The molecular formula is C14H15NO4. The van der Waals surface area contributed by atoms with Crippen LogP contribution in [-0.4, -0.2) is 18.6 Å². The van der Waals surface area contributed by atoms with E-state index in [1.165, 1.54) is 0 Å². The number of benzene rings is 1. The lowest BCUT2D eigenvalue weighted by molar-refractivity contribution is 0.111. The van der Waals surface area contributed by atoms with E-state index in [0.29, 0.717) is 29.4 Å². The average molecular weight is 261 g/mol. The monoisotopic (exact) mass is 261 g/mol. The third kappa shape index (κ3) is 3.42. The molecule has 0 atom stereocenters. The van der Waals surface area contributed by atoms with Gasteiger partial charge in [0, 0.05) is 13.2 Å². The van der Waals surface area contributed by atoms with Gasteiger partial charge in [0.25, 0.3) is 0 Å². The van der Waals surface area contributed by atoms with E-state index in [1.54, 1.807) is 25.3 Å². The highest BCUT2D eigenvalue weighted by atomic mass is 16.5. The van der Waals surface area contributed by atoms with E-state index < -0.39 is 0 Å². The summed E-state index contributed by atoms with van der Waals surface area (Å²) in [5, 5.41) is 3.85. The molecule has 0 aliphatic heterocycles. The number of aldehydes is 1. The Balaban J connectivity index is 2.03. The van der Waals surface area contributed by atoms with Crippen LogP contribution in [0.25, 0.3) is 0 Å². The van der Waals surface area contributed by atoms with Crippen LogP contribution in [0, 0.1) is 6.92 Å². The number of aromatic nitrogens is 1. The number of carbonyl (C=O) groups excluding carboxylic acids is 1. The Hall–Kier alpha value is -2.14. The van der Waals surface area contributed by atoms with Crippen LogP contribution in [-0.2, 0) is 18.0 Å². The van der Waals surface area contributed by atoms with Crippen molar-refractivity contribution in [3.63, 3.8) is 0 Å². The molecule has 1 aromatic heterocycles. The third-order valence-corrected chi connectivity index (χ3v) is 2.56. The van der Waals surface area contributed by atoms with Gasteiger partial charge in [0.05, 0.1) is 5.56 Å². The minimum Gasteiger partial charge on any atom is -0.486 e. The summed E-state index contributed by atoms with van der Waals surface area (Å²) in [5.41, 5.74) is 2.20. The van der Waals surface area contributed by atoms with E-state index in [2.05, 4.69) is 5.16 Å². The van der Waals surface area contributed by atoms with Gasteiger partial charge in [-0.25, -0.2) is 0 Å². The Bertz CT molecular complexity index is 562. The summed E-state index contributed by atoms with van der Waals surface area (Å²) in [4.78, 5) is 10.9. The van der Waals surface area contributed by atoms with Gasteiger partial charge in [-0.15, -0.1) is 0 Å². The summed E-state index contributed by atoms with van der Waals surface area (Å²) in [6, 6.07) is 7.20. The predicted molar refractivity (Wildman–Crippen MR) is 68.1 cm³/mol. The van der Waals surface area contributed by atoms with Crippen molar-refractivity contribution in [2.75, 3.05) is 7.11 Å². The Morgan fingerprint density at radius 3 is 2.89 bits per heavy atom. The number of carbonyl (C=O) groups is 1. The first-order chi connectivity index (χ1) is 9.22. The second kappa shape index (κ2) is 6.15. The van der Waals surface area contributed by atoms with Gasteiger partial charge in [-0.3, -0.25) is 4.79 Å². The van der Waals surface area contributed by atoms with Crippen LogP contribution >= 0.6 is 0 Å². The predicted octanol–water partition coefficient (Wildman–Crippen LogP) is 2.52. The smallest absolute Gasteiger partial charge is 0.162 e. The molecule has 0 saturated carbocycles. The molecular weight excluding hydrogens is 246 g/mol. The fourth-order valence-electron chi connectivity index (χ4n) is 1.68. The lowest BCUT2D eigenvalue weighted by Gasteiger charge is -2.07. The fourth-order valence-corrected chi connectivity index (χ4v) is 1.68. The van der Waals surface area contributed by atoms with Gasteiger partial charge in [0.2, 0.25) is 0 Å². The SMILES string of the molecule is COCc1cc(COc2ccc(C)cc2C=O)no1. The zero-order chi connectivity index (χ0) is 13.7. The fraction of sp³-hybridized carbons (Fsp3) is 0.286. The Labute approximate surface area is 111 Å². The standard InChI is InChI=1S/C14H15NO4/c1-10-3-4-14(11(5-10)7-16)18-8-12-6-13(9-17-2)19-15-12/h3-7H,8-9H2,1-2H3. The Morgan fingerprint density at radius 1 is 1.32 bits per heavy atom. The van der Waals surface area contributed by atoms with Gasteiger partial charge >= 0.3 is 0 Å². The number of rotatable bonds is 6. The van der Waals surface area contributed by atoms with Gasteiger partial charge in [0.1, 0.15) is 24.7 Å². The van der Waals surface area contributed by atoms with Crippen molar-refractivity contribution in [2.45, 2.75) is 20.1 Å². The second-order valence-corrected chi connectivity index (χ2v) is 4.17. The number of methoxy groups -OCH3 is 1. The first-order valence-corrected chi connectivity index (χ1v) is 5.85. The van der Waals surface area contributed by atoms with Crippen LogP contribution in [0.4, 0.5) is 0 Å². The summed E-state index contributed by atoms with van der Waals surface area (Å²) in [7, 11) is 1.58. The number of hydrogen-bond acceptors (Lipinski definition) is 5. The van der Waals surface area contributed by atoms with Crippen LogP contribution in [0.15, 0.2) is 28.8 Å². The van der Waals surface area contributed by atoms with Gasteiger partial charge in [-0.05, 0) is 19.1 Å². The van der Waals surface area contributed by atoms with E-state index in [-0.39, 0.29) is 6.61 Å². The molecule has 100 valence electrons. The van der Waals surface area contributed by atoms with Crippen molar-refractivity contribution >= 4 is 6.29 Å². The summed E-state index contributed by atoms with van der Waals surface area (Å²) >= 11 is 0. The Morgan fingerprint density at radius 2 is 2.16 bits per heavy atom. The molecule has 0 saturated heterocycles. The van der Waals surface area contributed by atoms with Crippen molar-refractivity contribution in [1.82, 2.24) is 5.16 Å². The number of ether oxygens (including phenoxy) is 2. The van der Waals surface area contributed by atoms with Crippen molar-refractivity contribution in [3.05, 3.63) is 46.8 Å². The van der Waals surface area contributed by atoms with Gasteiger partial charge in [0.15, 0.2) is 12.0 Å². The minimum absolute atomic E-state index is 0.247. The molecule has 19 heavy (non-hydrogen) atoms. The molecule has 0 aliphatic carbocycles. The van der Waals surface area contributed by atoms with Crippen molar-refractivity contribution in [2.24, 2.45) is 0 Å². The normalized spacial score (nSPS) is 10.4. The maximum absolute atomic E-state index is 10.9. The summed E-state index contributed by atoms with van der Waals surface area (Å²) in [6.07, 6.45) is 0.779. The molecule has 0 unspecified atom stereocenters. The molecule has 0 bridgehead atoms. The highest BCUT2D eigenvalue weighted by Gasteiger charge is 2.07. The minimum atomic E-state index is 0.247. The maximum atomic E-state index is 10.9. The molecule has 0 fully saturated rings. The quantitative estimate of drug-likeness (QED) is 0.748. The van der Waals surface area contributed by atoms with Crippen LogP contribution in [0.5, 0.6) is 5.75 Å². The topological polar surface area (TPSA) is 61.6 Å². The second-order valence-electron chi connectivity index (χ2n) is 4.17. The average Bonchev–Trinajstić information content (AvgIpc) is 2.85. The van der Waals surface area contributed by atoms with E-state index in [1.807, 2.05) is 13.0 Å². The summed E-state index contributed by atoms with van der Waals surface area (Å²) in [5.74, 6) is 1.18. The lowest BCUT2D eigenvalue weighted by Crippen LogP contribution is -1.98. The highest BCUT2D eigenvalue weighted by Crippen LogP contribution is 2.19. The highest BCUT2D eigenvalue weighted by molar-refractivity contribution is 5.79. The van der Waals surface area contributed by atoms with Gasteiger partial charge in [-0.2, -0.15) is 0 Å². The summed E-state index contributed by atoms with van der Waals surface area (Å²) in [6.45, 7) is 2.54. The molecule has 5 heteroatoms. The van der Waals surface area contributed by atoms with Gasteiger partial charge in [-0.1, -0.05) is 16.8 Å². The molecule has 1 aromatic carbocycles. The van der Waals surface area contributed by atoms with E-state index in [9.17, 15) is 4.79 Å². The van der Waals surface area contributed by atoms with Crippen molar-refractivity contribution < 1.29 is 18.8 Å². The molecule has 0 N–H and O–H groups in total. The van der Waals surface area contributed by atoms with Crippen LogP contribution < -0.4 is 4.74 Å². The zero-order valence-corrected chi connectivity index (χ0v) is 10.9. The van der Waals surface area contributed by atoms with Crippen LogP contribution in [0.3, 0.4) is 0 Å². The van der Waals surface area contributed by atoms with Crippen LogP contribution in [0.2, 0.25) is 0 Å². The number of aryl methyl sites for hydroxylation is 1. The van der Waals surface area contributed by atoms with E-state index in [4.69, 9.17) is 14.0 Å². The number of nitrogens with zero attached hydrogens (tertiary/aromatic N) is 1. The molecule has 2 rings (SSSR count). The molecule has 1 heterocycles. The van der Waals surface area contributed by atoms with Gasteiger partial charge < -0.3 is 14.0 Å². The summed E-state index contributed by atoms with van der Waals surface area (Å²) < 4.78 is 15.5. The van der Waals surface area contributed by atoms with Crippen LogP contribution in [0.1, 0.15) is 27.4 Å². The van der Waals surface area contributed by atoms with Crippen molar-refractivity contribution in [3.8, 4) is 5.75 Å². The van der Waals surface area contributed by atoms with Crippen molar-refractivity contribution in [1.29, 1.82) is 0 Å². The largest absolute Gasteiger partial charge is 0.486 e. The third-order valence-electron chi connectivity index (χ3n) is 2.56. The Kier molecular flexibility index (Phi) is 4.30. The van der Waals surface area contributed by atoms with E-state index >= 15 is 0 Å². The first-order valence-electron chi connectivity index (χ1n) is 5.85. The number of hydrogen-bond donors (Lipinski definition) is 0. The molecule has 0 amide bonds. The van der Waals surface area contributed by atoms with E-state index in [0.717, 1.165) is 11.8 Å². The molecule has 2 aromatic rings. The lowest BCUT2D eigenvalue weighted by atomic mass is 10.1. The molecule has 0 spiro atoms. The molecule has 0 aliphatic rings. The maximum Gasteiger partial charge on any atom is 0.162 e.